The Morgan fingerprint density at radius 2 is 1.83 bits per heavy atom. The second-order valence-corrected chi connectivity index (χ2v) is 4.83. The Hall–Kier alpha value is -2.91. The van der Waals surface area contributed by atoms with Crippen molar-refractivity contribution in [3.05, 3.63) is 36.0 Å². The van der Waals surface area contributed by atoms with E-state index in [0.29, 0.717) is 5.69 Å². The summed E-state index contributed by atoms with van der Waals surface area (Å²) in [5.41, 5.74) is 5.40. The van der Waals surface area contributed by atoms with Crippen LogP contribution in [0.2, 0.25) is 0 Å². The molecular weight excluding hydrogens is 311 g/mol. The van der Waals surface area contributed by atoms with E-state index in [1.807, 2.05) is 0 Å². The van der Waals surface area contributed by atoms with Crippen molar-refractivity contribution in [2.75, 3.05) is 5.73 Å². The number of nitrogens with zero attached hydrogens (tertiary/aromatic N) is 6. The lowest BCUT2D eigenvalue weighted by Gasteiger charge is -2.06. The van der Waals surface area contributed by atoms with Gasteiger partial charge in [-0.25, -0.2) is 9.97 Å². The van der Waals surface area contributed by atoms with Crippen molar-refractivity contribution in [2.24, 2.45) is 7.05 Å². The number of anilines is 1. The van der Waals surface area contributed by atoms with E-state index in [0.717, 1.165) is 4.68 Å². The van der Waals surface area contributed by atoms with Crippen LogP contribution in [-0.4, -0.2) is 29.5 Å². The van der Waals surface area contributed by atoms with E-state index in [4.69, 9.17) is 5.73 Å². The Morgan fingerprint density at radius 3 is 2.35 bits per heavy atom. The molecule has 0 spiro atoms. The van der Waals surface area contributed by atoms with Gasteiger partial charge in [-0.15, -0.1) is 0 Å². The fourth-order valence-corrected chi connectivity index (χ4v) is 2.19. The topological polar surface area (TPSA) is 87.4 Å². The lowest BCUT2D eigenvalue weighted by molar-refractivity contribution is -0.140. The molecule has 23 heavy (non-hydrogen) atoms. The maximum atomic E-state index is 13.4. The third kappa shape index (κ3) is 2.41. The second kappa shape index (κ2) is 5.07. The van der Waals surface area contributed by atoms with Crippen molar-refractivity contribution in [3.63, 3.8) is 0 Å². The maximum absolute atomic E-state index is 13.4. The Morgan fingerprint density at radius 1 is 1.17 bits per heavy atom. The molecule has 10 heteroatoms. The zero-order chi connectivity index (χ0) is 16.8. The molecule has 2 N–H and O–H groups in total. The van der Waals surface area contributed by atoms with Crippen LogP contribution in [0.4, 0.5) is 19.0 Å². The Balaban J connectivity index is 2.30. The highest BCUT2D eigenvalue weighted by Crippen LogP contribution is 2.41. The highest BCUT2D eigenvalue weighted by Gasteiger charge is 2.40. The molecule has 3 heterocycles. The zero-order valence-electron chi connectivity index (χ0n) is 12.2. The summed E-state index contributed by atoms with van der Waals surface area (Å²) in [7, 11) is 1.63. The van der Waals surface area contributed by atoms with Gasteiger partial charge in [-0.05, 0) is 13.0 Å². The van der Waals surface area contributed by atoms with Crippen molar-refractivity contribution in [1.82, 2.24) is 29.5 Å². The van der Waals surface area contributed by atoms with E-state index in [1.54, 1.807) is 20.0 Å². The monoisotopic (exact) mass is 323 g/mol. The molecule has 3 aromatic rings. The van der Waals surface area contributed by atoms with Gasteiger partial charge in [-0.1, -0.05) is 0 Å². The summed E-state index contributed by atoms with van der Waals surface area (Å²) in [5, 5.41) is 7.55. The van der Waals surface area contributed by atoms with Gasteiger partial charge in [0.15, 0.2) is 5.69 Å². The molecule has 0 saturated heterocycles. The molecule has 3 aromatic heterocycles. The van der Waals surface area contributed by atoms with Crippen molar-refractivity contribution in [1.29, 1.82) is 0 Å². The highest BCUT2D eigenvalue weighted by molar-refractivity contribution is 5.79. The summed E-state index contributed by atoms with van der Waals surface area (Å²) in [6.07, 6.45) is -0.558. The number of hydrogen-bond acceptors (Lipinski definition) is 5. The van der Waals surface area contributed by atoms with Crippen LogP contribution in [0, 0.1) is 6.92 Å². The smallest absolute Gasteiger partial charge is 0.383 e. The minimum atomic E-state index is -4.67. The van der Waals surface area contributed by atoms with Gasteiger partial charge in [0.2, 0.25) is 0 Å². The average molecular weight is 323 g/mol. The Labute approximate surface area is 128 Å². The molecule has 7 nitrogen and oxygen atoms in total. The van der Waals surface area contributed by atoms with Crippen LogP contribution in [0.1, 0.15) is 11.4 Å². The fourth-order valence-electron chi connectivity index (χ4n) is 2.19. The molecule has 0 aliphatic heterocycles. The Kier molecular flexibility index (Phi) is 3.31. The number of halogens is 3. The molecular formula is C13H12F3N7. The molecule has 0 atom stereocenters. The number of aromatic nitrogens is 6. The van der Waals surface area contributed by atoms with Gasteiger partial charge in [-0.3, -0.25) is 4.68 Å². The number of aryl methyl sites for hydroxylation is 1. The lowest BCUT2D eigenvalue weighted by Crippen LogP contribution is -2.09. The lowest BCUT2D eigenvalue weighted by atomic mass is 10.1. The molecule has 0 amide bonds. The van der Waals surface area contributed by atoms with Crippen LogP contribution in [0.15, 0.2) is 24.7 Å². The van der Waals surface area contributed by atoms with Crippen molar-refractivity contribution in [2.45, 2.75) is 13.1 Å². The Bertz CT molecular complexity index is 849. The van der Waals surface area contributed by atoms with Crippen LogP contribution in [0.5, 0.6) is 0 Å². The molecule has 0 aliphatic carbocycles. The van der Waals surface area contributed by atoms with Crippen molar-refractivity contribution in [3.8, 4) is 17.1 Å². The van der Waals surface area contributed by atoms with Crippen LogP contribution < -0.4 is 5.73 Å². The second-order valence-electron chi connectivity index (χ2n) is 4.83. The number of rotatable bonds is 2. The molecule has 120 valence electrons. The van der Waals surface area contributed by atoms with Crippen LogP contribution >= 0.6 is 0 Å². The van der Waals surface area contributed by atoms with Gasteiger partial charge in [0.1, 0.15) is 5.82 Å². The van der Waals surface area contributed by atoms with Crippen molar-refractivity contribution >= 4 is 5.82 Å². The maximum Gasteiger partial charge on any atom is 0.435 e. The summed E-state index contributed by atoms with van der Waals surface area (Å²) in [4.78, 5) is 7.78. The molecule has 3 rings (SSSR count). The van der Waals surface area contributed by atoms with Crippen LogP contribution in [-0.2, 0) is 13.2 Å². The number of alkyl halides is 3. The predicted molar refractivity (Wildman–Crippen MR) is 75.5 cm³/mol. The number of hydrogen-bond donors (Lipinski definition) is 1. The molecule has 0 fully saturated rings. The van der Waals surface area contributed by atoms with Gasteiger partial charge < -0.3 is 5.73 Å². The first-order chi connectivity index (χ1) is 10.8. The van der Waals surface area contributed by atoms with E-state index in [9.17, 15) is 13.2 Å². The molecule has 0 bridgehead atoms. The predicted octanol–water partition coefficient (Wildman–Crippen LogP) is 1.97. The molecule has 0 radical (unpaired) electrons. The van der Waals surface area contributed by atoms with Gasteiger partial charge in [0, 0.05) is 30.7 Å². The third-order valence-corrected chi connectivity index (χ3v) is 3.44. The first-order valence-electron chi connectivity index (χ1n) is 6.52. The van der Waals surface area contributed by atoms with E-state index in [-0.39, 0.29) is 22.9 Å². The number of nitrogens with two attached hydrogens (primary N) is 1. The minimum Gasteiger partial charge on any atom is -0.383 e. The summed E-state index contributed by atoms with van der Waals surface area (Å²) in [6, 6.07) is 1.54. The highest BCUT2D eigenvalue weighted by atomic mass is 19.4. The van der Waals surface area contributed by atoms with Crippen LogP contribution in [0.3, 0.4) is 0 Å². The van der Waals surface area contributed by atoms with E-state index >= 15 is 0 Å². The summed E-state index contributed by atoms with van der Waals surface area (Å²) < 4.78 is 42.5. The van der Waals surface area contributed by atoms with Crippen molar-refractivity contribution < 1.29 is 13.2 Å². The van der Waals surface area contributed by atoms with Gasteiger partial charge in [0.25, 0.3) is 5.95 Å². The number of nitrogen functional groups attached to an aromatic ring is 1. The summed E-state index contributed by atoms with van der Waals surface area (Å²) >= 11 is 0. The van der Waals surface area contributed by atoms with E-state index in [1.165, 1.54) is 23.3 Å². The zero-order valence-corrected chi connectivity index (χ0v) is 12.2. The minimum absolute atomic E-state index is 0.0386. The van der Waals surface area contributed by atoms with Gasteiger partial charge in [-0.2, -0.15) is 28.1 Å². The molecule has 0 unspecified atom stereocenters. The first kappa shape index (κ1) is 15.0. The third-order valence-electron chi connectivity index (χ3n) is 3.44. The van der Waals surface area contributed by atoms with Gasteiger partial charge >= 0.3 is 6.18 Å². The summed E-state index contributed by atoms with van der Waals surface area (Å²) in [5.74, 6) is -0.233. The first-order valence-corrected chi connectivity index (χ1v) is 6.52. The molecule has 0 aromatic carbocycles. The SMILES string of the molecule is Cc1c(-c2c(C(F)(F)F)nn(-c3ncccn3)c2N)cnn1C. The standard InChI is InChI=1S/C13H12F3N7/c1-7-8(6-20-22(7)2)9-10(13(14,15)16)21-23(11(9)17)12-18-4-3-5-19-12/h3-6H,17H2,1-2H3. The van der Waals surface area contributed by atoms with E-state index < -0.39 is 11.9 Å². The normalized spacial score (nSPS) is 11.9. The quantitative estimate of drug-likeness (QED) is 0.779. The van der Waals surface area contributed by atoms with Gasteiger partial charge in [0.05, 0.1) is 11.8 Å². The fraction of sp³-hybridized carbons (Fsp3) is 0.231. The molecule has 0 saturated carbocycles. The largest absolute Gasteiger partial charge is 0.435 e. The summed E-state index contributed by atoms with van der Waals surface area (Å²) in [6.45, 7) is 1.65. The van der Waals surface area contributed by atoms with Crippen LogP contribution in [0.25, 0.3) is 17.1 Å². The average Bonchev–Trinajstić information content (AvgIpc) is 3.01. The van der Waals surface area contributed by atoms with E-state index in [2.05, 4.69) is 20.2 Å². The molecule has 0 aliphatic rings.